The molecule has 0 spiro atoms. The predicted octanol–water partition coefficient (Wildman–Crippen LogP) is 2.01. The molecule has 1 N–H and O–H groups in total. The molecule has 1 aliphatic rings. The number of hydrogen-bond donors (Lipinski definition) is 1. The van der Waals surface area contributed by atoms with Gasteiger partial charge in [-0.05, 0) is 31.9 Å². The fourth-order valence-electron chi connectivity index (χ4n) is 2.54. The summed E-state index contributed by atoms with van der Waals surface area (Å²) in [5, 5.41) is 13.1. The topological polar surface area (TPSA) is 75.4 Å². The number of aromatic nitrogens is 2. The number of carbonyl (C=O) groups is 2. The van der Waals surface area contributed by atoms with Gasteiger partial charge in [-0.3, -0.25) is 9.59 Å². The van der Waals surface area contributed by atoms with E-state index in [0.717, 1.165) is 12.8 Å². The van der Waals surface area contributed by atoms with Crippen molar-refractivity contribution in [2.24, 2.45) is 0 Å². The number of carbonyl (C=O) groups excluding carboxylic acids is 1. The van der Waals surface area contributed by atoms with Crippen LogP contribution >= 0.6 is 0 Å². The lowest BCUT2D eigenvalue weighted by Crippen LogP contribution is -2.37. The number of amides is 1. The Kier molecular flexibility index (Phi) is 3.85. The second-order valence-corrected chi connectivity index (χ2v) is 5.56. The van der Waals surface area contributed by atoms with E-state index in [1.165, 1.54) is 21.8 Å². The SMILES string of the molecule is Cc1c(C(=O)N(CC(=O)O)C2CC2)cnn1-c1ccccc1F. The molecule has 3 rings (SSSR count). The normalized spacial score (nSPS) is 13.8. The standard InChI is InChI=1S/C16H16FN3O3/c1-10-12(16(23)19(9-15(21)22)11-6-7-11)8-18-20(10)14-5-3-2-4-13(14)17/h2-5,8,11H,6-7,9H2,1H3,(H,21,22). The quantitative estimate of drug-likeness (QED) is 0.915. The Labute approximate surface area is 132 Å². The summed E-state index contributed by atoms with van der Waals surface area (Å²) in [6.45, 7) is 1.33. The zero-order valence-corrected chi connectivity index (χ0v) is 12.6. The van der Waals surface area contributed by atoms with Crippen molar-refractivity contribution in [3.05, 3.63) is 47.5 Å². The van der Waals surface area contributed by atoms with E-state index in [0.29, 0.717) is 11.3 Å². The minimum Gasteiger partial charge on any atom is -0.480 e. The number of carboxylic acid groups (broad SMARTS) is 1. The van der Waals surface area contributed by atoms with Crippen LogP contribution in [-0.4, -0.2) is 44.3 Å². The maximum absolute atomic E-state index is 13.9. The average Bonchev–Trinajstić information content (AvgIpc) is 3.28. The molecule has 120 valence electrons. The zero-order chi connectivity index (χ0) is 16.6. The first-order valence-corrected chi connectivity index (χ1v) is 7.31. The van der Waals surface area contributed by atoms with Crippen molar-refractivity contribution in [1.82, 2.24) is 14.7 Å². The first kappa shape index (κ1) is 15.2. The van der Waals surface area contributed by atoms with E-state index in [1.807, 2.05) is 0 Å². The first-order valence-electron chi connectivity index (χ1n) is 7.31. The highest BCUT2D eigenvalue weighted by atomic mass is 19.1. The van der Waals surface area contributed by atoms with Gasteiger partial charge in [-0.1, -0.05) is 12.1 Å². The molecule has 6 nitrogen and oxygen atoms in total. The Morgan fingerprint density at radius 1 is 1.39 bits per heavy atom. The molecule has 2 aromatic rings. The number of hydrogen-bond acceptors (Lipinski definition) is 3. The van der Waals surface area contributed by atoms with Crippen LogP contribution in [0.25, 0.3) is 5.69 Å². The largest absolute Gasteiger partial charge is 0.480 e. The van der Waals surface area contributed by atoms with Crippen LogP contribution in [0.5, 0.6) is 0 Å². The van der Waals surface area contributed by atoms with Gasteiger partial charge in [0, 0.05) is 6.04 Å². The summed E-state index contributed by atoms with van der Waals surface area (Å²) in [6, 6.07) is 6.11. The average molecular weight is 317 g/mol. The van der Waals surface area contributed by atoms with Crippen LogP contribution in [0.15, 0.2) is 30.5 Å². The van der Waals surface area contributed by atoms with Crippen LogP contribution in [0, 0.1) is 12.7 Å². The summed E-state index contributed by atoms with van der Waals surface area (Å²) in [7, 11) is 0. The van der Waals surface area contributed by atoms with Crippen molar-refractivity contribution in [3.8, 4) is 5.69 Å². The molecule has 0 saturated heterocycles. The first-order chi connectivity index (χ1) is 11.0. The minimum absolute atomic E-state index is 0.0326. The van der Waals surface area contributed by atoms with E-state index in [4.69, 9.17) is 5.11 Å². The summed E-state index contributed by atoms with van der Waals surface area (Å²) < 4.78 is 15.3. The van der Waals surface area contributed by atoms with Crippen LogP contribution in [0.2, 0.25) is 0 Å². The number of para-hydroxylation sites is 1. The highest BCUT2D eigenvalue weighted by Crippen LogP contribution is 2.29. The fraction of sp³-hybridized carbons (Fsp3) is 0.312. The van der Waals surface area contributed by atoms with Gasteiger partial charge in [0.15, 0.2) is 0 Å². The summed E-state index contributed by atoms with van der Waals surface area (Å²) in [4.78, 5) is 24.9. The molecule has 1 aromatic heterocycles. The van der Waals surface area contributed by atoms with Gasteiger partial charge < -0.3 is 10.0 Å². The number of benzene rings is 1. The van der Waals surface area contributed by atoms with Gasteiger partial charge in [0.25, 0.3) is 5.91 Å². The lowest BCUT2D eigenvalue weighted by Gasteiger charge is -2.19. The van der Waals surface area contributed by atoms with Gasteiger partial charge in [0.2, 0.25) is 0 Å². The molecule has 1 amide bonds. The van der Waals surface area contributed by atoms with Crippen LogP contribution < -0.4 is 0 Å². The highest BCUT2D eigenvalue weighted by molar-refractivity contribution is 5.97. The number of carboxylic acids is 1. The molecule has 0 unspecified atom stereocenters. The smallest absolute Gasteiger partial charge is 0.323 e. The van der Waals surface area contributed by atoms with E-state index in [-0.39, 0.29) is 24.2 Å². The van der Waals surface area contributed by atoms with Crippen molar-refractivity contribution in [2.75, 3.05) is 6.54 Å². The molecule has 0 aliphatic heterocycles. The Bertz CT molecular complexity index is 768. The third-order valence-corrected chi connectivity index (χ3v) is 3.87. The molecule has 1 fully saturated rings. The molecule has 7 heteroatoms. The Hall–Kier alpha value is -2.70. The van der Waals surface area contributed by atoms with Crippen LogP contribution in [0.1, 0.15) is 28.9 Å². The lowest BCUT2D eigenvalue weighted by atomic mass is 10.2. The van der Waals surface area contributed by atoms with E-state index in [9.17, 15) is 14.0 Å². The third-order valence-electron chi connectivity index (χ3n) is 3.87. The summed E-state index contributed by atoms with van der Waals surface area (Å²) >= 11 is 0. The maximum Gasteiger partial charge on any atom is 0.323 e. The molecule has 1 heterocycles. The molecule has 23 heavy (non-hydrogen) atoms. The van der Waals surface area contributed by atoms with Gasteiger partial charge in [-0.2, -0.15) is 5.10 Å². The van der Waals surface area contributed by atoms with Crippen molar-refractivity contribution in [1.29, 1.82) is 0 Å². The van der Waals surface area contributed by atoms with Gasteiger partial charge in [-0.15, -0.1) is 0 Å². The Balaban J connectivity index is 1.93. The van der Waals surface area contributed by atoms with Crippen LogP contribution in [-0.2, 0) is 4.79 Å². The second-order valence-electron chi connectivity index (χ2n) is 5.56. The molecule has 0 bridgehead atoms. The van der Waals surface area contributed by atoms with Gasteiger partial charge in [-0.25, -0.2) is 9.07 Å². The lowest BCUT2D eigenvalue weighted by molar-refractivity contribution is -0.137. The van der Waals surface area contributed by atoms with Gasteiger partial charge in [0.05, 0.1) is 17.5 Å². The number of rotatable bonds is 5. The third kappa shape index (κ3) is 2.94. The van der Waals surface area contributed by atoms with Crippen molar-refractivity contribution in [2.45, 2.75) is 25.8 Å². The van der Waals surface area contributed by atoms with Crippen LogP contribution in [0.3, 0.4) is 0 Å². The number of halogens is 1. The van der Waals surface area contributed by atoms with Crippen molar-refractivity contribution < 1.29 is 19.1 Å². The fourth-order valence-corrected chi connectivity index (χ4v) is 2.54. The number of nitrogens with zero attached hydrogens (tertiary/aromatic N) is 3. The molecular formula is C16H16FN3O3. The monoisotopic (exact) mass is 317 g/mol. The van der Waals surface area contributed by atoms with Crippen LogP contribution in [0.4, 0.5) is 4.39 Å². The minimum atomic E-state index is -1.05. The predicted molar refractivity (Wildman–Crippen MR) is 80.0 cm³/mol. The second kappa shape index (κ2) is 5.83. The zero-order valence-electron chi connectivity index (χ0n) is 12.6. The molecule has 0 radical (unpaired) electrons. The molecule has 0 atom stereocenters. The Morgan fingerprint density at radius 3 is 2.70 bits per heavy atom. The maximum atomic E-state index is 13.9. The molecule has 1 aliphatic carbocycles. The molecule has 1 saturated carbocycles. The van der Waals surface area contributed by atoms with Crippen molar-refractivity contribution >= 4 is 11.9 Å². The van der Waals surface area contributed by atoms with E-state index < -0.39 is 11.8 Å². The molecule has 1 aromatic carbocycles. The summed E-state index contributed by atoms with van der Waals surface area (Å²) in [6.07, 6.45) is 2.97. The molecular weight excluding hydrogens is 301 g/mol. The van der Waals surface area contributed by atoms with Gasteiger partial charge in [0.1, 0.15) is 18.0 Å². The van der Waals surface area contributed by atoms with Crippen molar-refractivity contribution in [3.63, 3.8) is 0 Å². The highest BCUT2D eigenvalue weighted by Gasteiger charge is 2.35. The van der Waals surface area contributed by atoms with E-state index >= 15 is 0 Å². The summed E-state index contributed by atoms with van der Waals surface area (Å²) in [5.41, 5.74) is 1.03. The van der Waals surface area contributed by atoms with Gasteiger partial charge >= 0.3 is 5.97 Å². The van der Waals surface area contributed by atoms with E-state index in [1.54, 1.807) is 25.1 Å². The Morgan fingerprint density at radius 2 is 2.09 bits per heavy atom. The van der Waals surface area contributed by atoms with E-state index in [2.05, 4.69) is 5.10 Å². The number of aliphatic carboxylic acids is 1. The summed E-state index contributed by atoms with van der Waals surface area (Å²) in [5.74, 6) is -1.87.